The molecule has 0 aliphatic heterocycles. The quantitative estimate of drug-likeness (QED) is 0.837. The minimum absolute atomic E-state index is 0.525. The van der Waals surface area contributed by atoms with E-state index in [1.165, 1.54) is 43.6 Å². The van der Waals surface area contributed by atoms with Crippen molar-refractivity contribution in [1.29, 1.82) is 0 Å². The maximum atomic E-state index is 4.57. The standard InChI is InChI=1S/C15H27N3/c1-4-12-5-7-13(8-6-12)15-17-10-14(18-15)9-16-11(2)3/h10-13,16H,4-9H2,1-3H3,(H,17,18). The van der Waals surface area contributed by atoms with Gasteiger partial charge < -0.3 is 10.3 Å². The fourth-order valence-electron chi connectivity index (χ4n) is 2.83. The van der Waals surface area contributed by atoms with Crippen molar-refractivity contribution in [2.24, 2.45) is 5.92 Å². The van der Waals surface area contributed by atoms with Gasteiger partial charge in [0.05, 0.1) is 0 Å². The molecule has 1 saturated carbocycles. The van der Waals surface area contributed by atoms with Gasteiger partial charge in [-0.3, -0.25) is 0 Å². The molecule has 1 fully saturated rings. The minimum Gasteiger partial charge on any atom is -0.345 e. The van der Waals surface area contributed by atoms with E-state index >= 15 is 0 Å². The first-order valence-electron chi connectivity index (χ1n) is 7.46. The lowest BCUT2D eigenvalue weighted by molar-refractivity contribution is 0.313. The van der Waals surface area contributed by atoms with Crippen LogP contribution >= 0.6 is 0 Å². The number of hydrogen-bond donors (Lipinski definition) is 2. The van der Waals surface area contributed by atoms with Gasteiger partial charge >= 0.3 is 0 Å². The molecule has 2 N–H and O–H groups in total. The van der Waals surface area contributed by atoms with Crippen LogP contribution in [0.15, 0.2) is 6.20 Å². The molecule has 0 atom stereocenters. The summed E-state index contributed by atoms with van der Waals surface area (Å²) in [6.07, 6.45) is 8.71. The first-order chi connectivity index (χ1) is 8.69. The Bertz CT molecular complexity index is 348. The van der Waals surface area contributed by atoms with E-state index in [2.05, 4.69) is 36.1 Å². The molecule has 0 bridgehead atoms. The number of aromatic amines is 1. The van der Waals surface area contributed by atoms with Gasteiger partial charge in [0.25, 0.3) is 0 Å². The van der Waals surface area contributed by atoms with Crippen molar-refractivity contribution in [2.45, 2.75) is 71.4 Å². The molecule has 0 radical (unpaired) electrons. The summed E-state index contributed by atoms with van der Waals surface area (Å²) in [6.45, 7) is 7.55. The van der Waals surface area contributed by atoms with Gasteiger partial charge in [-0.05, 0) is 31.6 Å². The summed E-state index contributed by atoms with van der Waals surface area (Å²) in [7, 11) is 0. The number of imidazole rings is 1. The average molecular weight is 249 g/mol. The fourth-order valence-corrected chi connectivity index (χ4v) is 2.83. The van der Waals surface area contributed by atoms with Gasteiger partial charge in [0.15, 0.2) is 0 Å². The molecular weight excluding hydrogens is 222 g/mol. The summed E-state index contributed by atoms with van der Waals surface area (Å²) in [5.41, 5.74) is 1.22. The zero-order chi connectivity index (χ0) is 13.0. The van der Waals surface area contributed by atoms with Crippen LogP contribution < -0.4 is 5.32 Å². The highest BCUT2D eigenvalue weighted by molar-refractivity contribution is 5.06. The van der Waals surface area contributed by atoms with Crippen molar-refractivity contribution in [3.63, 3.8) is 0 Å². The van der Waals surface area contributed by atoms with E-state index in [9.17, 15) is 0 Å². The van der Waals surface area contributed by atoms with E-state index in [1.807, 2.05) is 6.20 Å². The lowest BCUT2D eigenvalue weighted by Gasteiger charge is -2.26. The van der Waals surface area contributed by atoms with Crippen LogP contribution in [0.3, 0.4) is 0 Å². The third kappa shape index (κ3) is 3.58. The number of nitrogens with one attached hydrogen (secondary N) is 2. The molecule has 0 unspecified atom stereocenters. The van der Waals surface area contributed by atoms with Gasteiger partial charge in [-0.2, -0.15) is 0 Å². The van der Waals surface area contributed by atoms with E-state index in [0.29, 0.717) is 12.0 Å². The fraction of sp³-hybridized carbons (Fsp3) is 0.800. The van der Waals surface area contributed by atoms with Gasteiger partial charge in [-0.15, -0.1) is 0 Å². The molecular formula is C15H27N3. The second kappa shape index (κ2) is 6.37. The number of H-pyrrole nitrogens is 1. The molecule has 0 spiro atoms. The van der Waals surface area contributed by atoms with E-state index in [1.54, 1.807) is 0 Å². The Balaban J connectivity index is 1.86. The third-order valence-electron chi connectivity index (χ3n) is 4.16. The van der Waals surface area contributed by atoms with Crippen LogP contribution in [0.1, 0.15) is 70.3 Å². The van der Waals surface area contributed by atoms with Crippen LogP contribution in [0, 0.1) is 5.92 Å². The number of nitrogens with zero attached hydrogens (tertiary/aromatic N) is 1. The third-order valence-corrected chi connectivity index (χ3v) is 4.16. The second-order valence-electron chi connectivity index (χ2n) is 5.96. The molecule has 1 aliphatic carbocycles. The first-order valence-corrected chi connectivity index (χ1v) is 7.46. The highest BCUT2D eigenvalue weighted by Crippen LogP contribution is 2.35. The topological polar surface area (TPSA) is 40.7 Å². The predicted molar refractivity (Wildman–Crippen MR) is 75.6 cm³/mol. The lowest BCUT2D eigenvalue weighted by atomic mass is 9.80. The largest absolute Gasteiger partial charge is 0.345 e. The number of hydrogen-bond acceptors (Lipinski definition) is 2. The Morgan fingerprint density at radius 2 is 2.06 bits per heavy atom. The molecule has 1 aliphatic rings. The van der Waals surface area contributed by atoms with Crippen LogP contribution in [-0.4, -0.2) is 16.0 Å². The van der Waals surface area contributed by atoms with Crippen molar-refractivity contribution >= 4 is 0 Å². The predicted octanol–water partition coefficient (Wildman–Crippen LogP) is 3.59. The van der Waals surface area contributed by atoms with Crippen molar-refractivity contribution in [3.05, 3.63) is 17.7 Å². The van der Waals surface area contributed by atoms with Crippen LogP contribution in [0.2, 0.25) is 0 Å². The molecule has 0 amide bonds. The normalized spacial score (nSPS) is 24.7. The monoisotopic (exact) mass is 249 g/mol. The van der Waals surface area contributed by atoms with Crippen molar-refractivity contribution in [3.8, 4) is 0 Å². The van der Waals surface area contributed by atoms with Gasteiger partial charge in [0.1, 0.15) is 5.82 Å². The molecule has 18 heavy (non-hydrogen) atoms. The summed E-state index contributed by atoms with van der Waals surface area (Å²) in [5, 5.41) is 3.42. The van der Waals surface area contributed by atoms with E-state index in [0.717, 1.165) is 12.5 Å². The maximum absolute atomic E-state index is 4.57. The van der Waals surface area contributed by atoms with Crippen molar-refractivity contribution in [1.82, 2.24) is 15.3 Å². The second-order valence-corrected chi connectivity index (χ2v) is 5.96. The van der Waals surface area contributed by atoms with Crippen LogP contribution in [-0.2, 0) is 6.54 Å². The summed E-state index contributed by atoms with van der Waals surface area (Å²) in [5.74, 6) is 2.84. The molecule has 0 aromatic carbocycles. The van der Waals surface area contributed by atoms with Gasteiger partial charge in [0.2, 0.25) is 0 Å². The molecule has 1 aromatic heterocycles. The van der Waals surface area contributed by atoms with E-state index < -0.39 is 0 Å². The van der Waals surface area contributed by atoms with Gasteiger partial charge in [-0.1, -0.05) is 27.2 Å². The molecule has 1 heterocycles. The van der Waals surface area contributed by atoms with E-state index in [-0.39, 0.29) is 0 Å². The first kappa shape index (κ1) is 13.6. The Morgan fingerprint density at radius 3 is 2.67 bits per heavy atom. The Hall–Kier alpha value is -0.830. The van der Waals surface area contributed by atoms with Crippen LogP contribution in [0.4, 0.5) is 0 Å². The van der Waals surface area contributed by atoms with Crippen LogP contribution in [0.5, 0.6) is 0 Å². The zero-order valence-corrected chi connectivity index (χ0v) is 12.0. The SMILES string of the molecule is CCC1CCC(c2ncc(CNC(C)C)[nH]2)CC1. The Morgan fingerprint density at radius 1 is 1.33 bits per heavy atom. The summed E-state index contributed by atoms with van der Waals surface area (Å²) in [6, 6.07) is 0.525. The zero-order valence-electron chi connectivity index (χ0n) is 12.0. The highest BCUT2D eigenvalue weighted by atomic mass is 15.0. The van der Waals surface area contributed by atoms with Crippen molar-refractivity contribution in [2.75, 3.05) is 0 Å². The number of rotatable bonds is 5. The molecule has 2 rings (SSSR count). The highest BCUT2D eigenvalue weighted by Gasteiger charge is 2.23. The van der Waals surface area contributed by atoms with E-state index in [4.69, 9.17) is 0 Å². The summed E-state index contributed by atoms with van der Waals surface area (Å²) >= 11 is 0. The minimum atomic E-state index is 0.525. The molecule has 3 nitrogen and oxygen atoms in total. The van der Waals surface area contributed by atoms with Crippen LogP contribution in [0.25, 0.3) is 0 Å². The summed E-state index contributed by atoms with van der Waals surface area (Å²) in [4.78, 5) is 8.07. The van der Waals surface area contributed by atoms with Crippen molar-refractivity contribution < 1.29 is 0 Å². The van der Waals surface area contributed by atoms with Gasteiger partial charge in [-0.25, -0.2) is 4.98 Å². The smallest absolute Gasteiger partial charge is 0.109 e. The summed E-state index contributed by atoms with van der Waals surface area (Å²) < 4.78 is 0. The molecule has 1 aromatic rings. The number of aromatic nitrogens is 2. The molecule has 0 saturated heterocycles. The Labute approximate surface area is 111 Å². The van der Waals surface area contributed by atoms with Gasteiger partial charge in [0, 0.05) is 30.4 Å². The maximum Gasteiger partial charge on any atom is 0.109 e. The lowest BCUT2D eigenvalue weighted by Crippen LogP contribution is -2.22. The molecule has 102 valence electrons. The average Bonchev–Trinajstić information content (AvgIpc) is 2.85. The molecule has 3 heteroatoms. The Kier molecular flexibility index (Phi) is 4.81.